The molecule has 0 saturated heterocycles. The zero-order chi connectivity index (χ0) is 56.5. The Bertz CT molecular complexity index is 3360. The number of benzene rings is 5. The van der Waals surface area contributed by atoms with Gasteiger partial charge in [0.05, 0.1) is 27.5 Å². The van der Waals surface area contributed by atoms with Crippen LogP contribution in [0.4, 0.5) is 11.4 Å². The number of non-ortho nitro benzene ring substituents is 2. The number of carbonyl (C=O) groups excluding carboxylic acids is 10. The van der Waals surface area contributed by atoms with Crippen molar-refractivity contribution in [3.8, 4) is 0 Å². The normalized spacial score (nSPS) is 14.5. The molecule has 3 aliphatic heterocycles. The summed E-state index contributed by atoms with van der Waals surface area (Å²) in [6.45, 7) is 0.577. The van der Waals surface area contributed by atoms with Gasteiger partial charge in [-0.05, 0) is 61.2 Å². The van der Waals surface area contributed by atoms with Crippen molar-refractivity contribution in [2.45, 2.75) is 57.5 Å². The Morgan fingerprint density at radius 3 is 1.73 bits per heavy atom. The van der Waals surface area contributed by atoms with Crippen molar-refractivity contribution >= 4 is 92.0 Å². The number of imide groups is 3. The molecule has 0 fully saturated rings. The first kappa shape index (κ1) is 55.6. The first-order chi connectivity index (χ1) is 37.9. The van der Waals surface area contributed by atoms with Crippen LogP contribution in [0.5, 0.6) is 0 Å². The minimum absolute atomic E-state index is 0.0114. The minimum atomic E-state index is -1.24. The lowest BCUT2D eigenvalue weighted by Crippen LogP contribution is -2.55. The molecule has 408 valence electrons. The molecule has 0 bridgehead atoms. The van der Waals surface area contributed by atoms with Crippen LogP contribution in [0.25, 0.3) is 21.5 Å². The van der Waals surface area contributed by atoms with E-state index in [4.69, 9.17) is 0 Å². The zero-order valence-electron chi connectivity index (χ0n) is 42.8. The lowest BCUT2D eigenvalue weighted by atomic mass is 9.93. The monoisotopic (exact) mass is 1080 g/mol. The van der Waals surface area contributed by atoms with E-state index in [9.17, 15) is 68.2 Å². The van der Waals surface area contributed by atoms with Gasteiger partial charge in [0.15, 0.2) is 0 Å². The Morgan fingerprint density at radius 2 is 1.15 bits per heavy atom. The lowest BCUT2D eigenvalue weighted by molar-refractivity contribution is -0.384. The number of nitrogens with one attached hydrogen (secondary N) is 4. The van der Waals surface area contributed by atoms with E-state index in [1.165, 1.54) is 54.3 Å². The fourth-order valence-corrected chi connectivity index (χ4v) is 9.71. The van der Waals surface area contributed by atoms with Crippen LogP contribution >= 0.6 is 0 Å². The van der Waals surface area contributed by atoms with E-state index in [0.29, 0.717) is 41.0 Å². The molecular weight excluding hydrogens is 1020 g/mol. The third-order valence-corrected chi connectivity index (χ3v) is 13.8. The van der Waals surface area contributed by atoms with Crippen LogP contribution in [-0.4, -0.2) is 153 Å². The van der Waals surface area contributed by atoms with Gasteiger partial charge in [0, 0.05) is 110 Å². The van der Waals surface area contributed by atoms with Crippen LogP contribution in [0.3, 0.4) is 0 Å². The largest absolute Gasteiger partial charge is 0.345 e. The molecule has 0 spiro atoms. The third-order valence-electron chi connectivity index (χ3n) is 13.8. The smallest absolute Gasteiger partial charge is 0.270 e. The second-order valence-electron chi connectivity index (χ2n) is 19.0. The Morgan fingerprint density at radius 1 is 0.582 bits per heavy atom. The van der Waals surface area contributed by atoms with Gasteiger partial charge in [-0.1, -0.05) is 61.0 Å². The van der Waals surface area contributed by atoms with Gasteiger partial charge in [-0.2, -0.15) is 0 Å². The number of nitrogens with zero attached hydrogens (tertiary/aromatic N) is 6. The minimum Gasteiger partial charge on any atom is -0.345 e. The van der Waals surface area contributed by atoms with Crippen molar-refractivity contribution in [2.75, 3.05) is 52.4 Å². The van der Waals surface area contributed by atoms with Crippen LogP contribution in [0.2, 0.25) is 0 Å². The van der Waals surface area contributed by atoms with Gasteiger partial charge in [0.2, 0.25) is 23.6 Å². The maximum absolute atomic E-state index is 14.2. The van der Waals surface area contributed by atoms with Gasteiger partial charge in [-0.25, -0.2) is 0 Å². The molecule has 24 nitrogen and oxygen atoms in total. The summed E-state index contributed by atoms with van der Waals surface area (Å²) in [4.78, 5) is 160. The number of hydrogen-bond donors (Lipinski definition) is 4. The lowest BCUT2D eigenvalue weighted by Gasteiger charge is -2.30. The van der Waals surface area contributed by atoms with E-state index in [2.05, 4.69) is 21.3 Å². The van der Waals surface area contributed by atoms with Crippen molar-refractivity contribution in [2.24, 2.45) is 0 Å². The first-order valence-electron chi connectivity index (χ1n) is 25.5. The highest BCUT2D eigenvalue weighted by molar-refractivity contribution is 6.27. The predicted molar refractivity (Wildman–Crippen MR) is 283 cm³/mol. The highest BCUT2D eigenvalue weighted by Crippen LogP contribution is 2.35. The molecule has 1 unspecified atom stereocenters. The Labute approximate surface area is 450 Å². The van der Waals surface area contributed by atoms with Gasteiger partial charge in [0.1, 0.15) is 12.1 Å². The highest BCUT2D eigenvalue weighted by Gasteiger charge is 2.37. The molecule has 10 amide bonds. The van der Waals surface area contributed by atoms with Crippen LogP contribution in [0, 0.1) is 20.2 Å². The molecule has 0 radical (unpaired) electrons. The van der Waals surface area contributed by atoms with E-state index in [0.717, 1.165) is 26.8 Å². The molecule has 79 heavy (non-hydrogen) atoms. The van der Waals surface area contributed by atoms with E-state index >= 15 is 0 Å². The summed E-state index contributed by atoms with van der Waals surface area (Å²) in [5, 5.41) is 35.8. The van der Waals surface area contributed by atoms with E-state index in [1.807, 2.05) is 0 Å². The fourth-order valence-electron chi connectivity index (χ4n) is 9.71. The highest BCUT2D eigenvalue weighted by atomic mass is 16.6. The van der Waals surface area contributed by atoms with Crippen molar-refractivity contribution in [3.63, 3.8) is 0 Å². The second kappa shape index (κ2) is 24.6. The van der Waals surface area contributed by atoms with E-state index in [-0.39, 0.29) is 104 Å². The van der Waals surface area contributed by atoms with E-state index in [1.54, 1.807) is 48.5 Å². The summed E-state index contributed by atoms with van der Waals surface area (Å²) in [7, 11) is 0. The molecule has 0 aliphatic carbocycles. The van der Waals surface area contributed by atoms with Gasteiger partial charge in [-0.15, -0.1) is 0 Å². The quantitative estimate of drug-likeness (QED) is 0.0267. The number of rotatable bonds is 26. The number of unbranched alkanes of at least 4 members (excludes halogenated alkanes) is 2. The number of carbonyl (C=O) groups is 10. The summed E-state index contributed by atoms with van der Waals surface area (Å²) in [6, 6.07) is 20.5. The predicted octanol–water partition coefficient (Wildman–Crippen LogP) is 3.34. The third kappa shape index (κ3) is 12.7. The maximum atomic E-state index is 14.2. The van der Waals surface area contributed by atoms with Gasteiger partial charge in [0.25, 0.3) is 46.8 Å². The van der Waals surface area contributed by atoms with Gasteiger partial charge >= 0.3 is 0 Å². The van der Waals surface area contributed by atoms with Crippen molar-refractivity contribution < 1.29 is 57.8 Å². The fraction of sp³-hybridized carbons (Fsp3) is 0.309. The summed E-state index contributed by atoms with van der Waals surface area (Å²) < 4.78 is 0. The number of nitro benzene ring substituents is 2. The Hall–Kier alpha value is -9.58. The number of hydrogen-bond acceptors (Lipinski definition) is 15. The topological polar surface area (TPSA) is 318 Å². The molecule has 5 aromatic carbocycles. The molecule has 3 aliphatic rings. The summed E-state index contributed by atoms with van der Waals surface area (Å²) in [5.74, 6) is -6.11. The SMILES string of the molecule is CC(NC(=O)CCCCCN1C(=O)C=CC1=O)C(=O)N[C@@H](Cc1ccccc1)C(=O)NCC(=O)N(CCCNCCN1C(=O)c2cccc3cc([N+](=O)[O-])cc(c23)C1=O)CCN1C(=O)c2cccc3cc([N+](=O)[O-])cc(c23)C1=O. The van der Waals surface area contributed by atoms with Crippen molar-refractivity contribution in [1.29, 1.82) is 0 Å². The molecule has 5 aromatic rings. The maximum Gasteiger partial charge on any atom is 0.270 e. The molecular formula is C55H54N10O14. The number of amides is 10. The standard InChI is InChI=1S/C55H54N10O14/c1-33(58-44(66)17-6-3-7-23-61-45(67)18-19-46(61)68)50(70)59-43(27-34-11-4-2-5-12-34)51(71)57-32-47(69)60(25-26-63-53(73)40-16-9-14-36-29-38(65(78)79)31-42(49(36)40)55(63)75)22-10-20-56-21-24-62-52(72)39-15-8-13-35-28-37(64(76)77)30-41(48(35)39)54(62)74/h2,4-5,8-9,11-16,18-19,28-31,33,43,56H,3,6-7,10,17,20-27,32H2,1H3,(H,57,71)(H,58,66)(H,59,70)/t33?,43-/m0/s1. The van der Waals surface area contributed by atoms with E-state index < -0.39 is 87.5 Å². The molecule has 0 aromatic heterocycles. The molecule has 8 rings (SSSR count). The zero-order valence-corrected chi connectivity index (χ0v) is 42.8. The summed E-state index contributed by atoms with van der Waals surface area (Å²) in [5.41, 5.74) is 0.279. The summed E-state index contributed by atoms with van der Waals surface area (Å²) >= 11 is 0. The van der Waals surface area contributed by atoms with Crippen LogP contribution in [-0.2, 0) is 35.2 Å². The molecule has 0 saturated carbocycles. The number of nitro groups is 2. The van der Waals surface area contributed by atoms with Crippen molar-refractivity contribution in [3.05, 3.63) is 151 Å². The van der Waals surface area contributed by atoms with Crippen LogP contribution in [0.1, 0.15) is 86.0 Å². The molecule has 3 heterocycles. The molecule has 4 N–H and O–H groups in total. The first-order valence-corrected chi connectivity index (χ1v) is 25.5. The summed E-state index contributed by atoms with van der Waals surface area (Å²) in [6.07, 6.45) is 4.08. The average Bonchev–Trinajstić information content (AvgIpc) is 3.96. The molecule has 2 atom stereocenters. The van der Waals surface area contributed by atoms with Crippen LogP contribution in [0.15, 0.2) is 103 Å². The average molecular weight is 1080 g/mol. The van der Waals surface area contributed by atoms with Gasteiger partial charge < -0.3 is 26.2 Å². The van der Waals surface area contributed by atoms with Crippen LogP contribution < -0.4 is 21.3 Å². The van der Waals surface area contributed by atoms with Crippen molar-refractivity contribution in [1.82, 2.24) is 40.9 Å². The Kier molecular flexibility index (Phi) is 17.3. The Balaban J connectivity index is 0.906. The molecule has 24 heteroatoms. The van der Waals surface area contributed by atoms with Gasteiger partial charge in [-0.3, -0.25) is 82.9 Å². The second-order valence-corrected chi connectivity index (χ2v) is 19.0.